The molecule has 0 spiro atoms. The fourth-order valence-corrected chi connectivity index (χ4v) is 4.05. The number of anilines is 1. The molecule has 1 unspecified atom stereocenters. The van der Waals surface area contributed by atoms with Gasteiger partial charge < -0.3 is 15.2 Å². The number of aromatic amines is 1. The summed E-state index contributed by atoms with van der Waals surface area (Å²) in [5.41, 5.74) is 2.24. The molecule has 1 atom stereocenters. The molecule has 4 rings (SSSR count). The highest BCUT2D eigenvalue weighted by Gasteiger charge is 2.32. The third-order valence-electron chi connectivity index (χ3n) is 4.49. The summed E-state index contributed by atoms with van der Waals surface area (Å²) in [6.45, 7) is 2.10. The van der Waals surface area contributed by atoms with Crippen molar-refractivity contribution in [2.75, 3.05) is 11.9 Å². The largest absolute Gasteiger partial charge is 0.340 e. The number of nitrogens with one attached hydrogen (secondary N) is 2. The number of thiazole rings is 1. The van der Waals surface area contributed by atoms with Crippen molar-refractivity contribution in [3.05, 3.63) is 41.2 Å². The maximum absolute atomic E-state index is 13.0. The summed E-state index contributed by atoms with van der Waals surface area (Å²) in [6, 6.07) is 7.78. The van der Waals surface area contributed by atoms with Crippen LogP contribution in [0.2, 0.25) is 0 Å². The number of H-pyrrole nitrogens is 1. The van der Waals surface area contributed by atoms with Crippen molar-refractivity contribution in [3.63, 3.8) is 0 Å². The van der Waals surface area contributed by atoms with Gasteiger partial charge in [-0.1, -0.05) is 12.1 Å². The lowest BCUT2D eigenvalue weighted by molar-refractivity contribution is -0.114. The van der Waals surface area contributed by atoms with Crippen molar-refractivity contribution in [3.8, 4) is 0 Å². The van der Waals surface area contributed by atoms with E-state index in [1.54, 1.807) is 5.38 Å². The highest BCUT2D eigenvalue weighted by molar-refractivity contribution is 7.14. The monoisotopic (exact) mass is 369 g/mol. The molecule has 0 aliphatic carbocycles. The van der Waals surface area contributed by atoms with Crippen LogP contribution in [0, 0.1) is 0 Å². The molecule has 2 amide bonds. The Kier molecular flexibility index (Phi) is 4.42. The zero-order valence-electron chi connectivity index (χ0n) is 14.4. The first-order valence-corrected chi connectivity index (χ1v) is 9.48. The number of rotatable bonds is 3. The van der Waals surface area contributed by atoms with E-state index in [4.69, 9.17) is 0 Å². The molecule has 1 aliphatic rings. The lowest BCUT2D eigenvalue weighted by Crippen LogP contribution is -2.39. The van der Waals surface area contributed by atoms with Crippen LogP contribution in [0.1, 0.15) is 48.5 Å². The predicted molar refractivity (Wildman–Crippen MR) is 100 cm³/mol. The molecule has 2 N–H and O–H groups in total. The van der Waals surface area contributed by atoms with Crippen molar-refractivity contribution >= 4 is 39.3 Å². The fraction of sp³-hybridized carbons (Fsp3) is 0.333. The normalized spacial score (nSPS) is 17.4. The van der Waals surface area contributed by atoms with E-state index in [0.29, 0.717) is 17.4 Å². The van der Waals surface area contributed by atoms with Crippen LogP contribution in [0.15, 0.2) is 29.6 Å². The summed E-state index contributed by atoms with van der Waals surface area (Å²) in [5.74, 6) is 0.496. The number of aromatic nitrogens is 3. The Bertz CT molecular complexity index is 930. The van der Waals surface area contributed by atoms with E-state index in [2.05, 4.69) is 20.3 Å². The second kappa shape index (κ2) is 6.87. The number of piperidine rings is 1. The summed E-state index contributed by atoms with van der Waals surface area (Å²) in [4.78, 5) is 38.3. The van der Waals surface area contributed by atoms with Crippen molar-refractivity contribution in [2.45, 2.75) is 32.2 Å². The number of imidazole rings is 1. The topological polar surface area (TPSA) is 91.0 Å². The smallest absolute Gasteiger partial charge is 0.274 e. The number of amides is 2. The number of benzene rings is 1. The van der Waals surface area contributed by atoms with Crippen LogP contribution in [-0.4, -0.2) is 38.2 Å². The lowest BCUT2D eigenvalue weighted by Gasteiger charge is -2.34. The van der Waals surface area contributed by atoms with Gasteiger partial charge in [0.2, 0.25) is 5.91 Å². The summed E-state index contributed by atoms with van der Waals surface area (Å²) < 4.78 is 0. The van der Waals surface area contributed by atoms with Crippen molar-refractivity contribution in [1.29, 1.82) is 0 Å². The van der Waals surface area contributed by atoms with E-state index >= 15 is 0 Å². The maximum Gasteiger partial charge on any atom is 0.274 e. The van der Waals surface area contributed by atoms with Crippen LogP contribution in [0.4, 0.5) is 5.13 Å². The molecular weight excluding hydrogens is 350 g/mol. The van der Waals surface area contributed by atoms with Gasteiger partial charge in [-0.05, 0) is 31.4 Å². The zero-order valence-corrected chi connectivity index (χ0v) is 15.2. The summed E-state index contributed by atoms with van der Waals surface area (Å²) in [6.07, 6.45) is 2.89. The Morgan fingerprint density at radius 1 is 1.27 bits per heavy atom. The SMILES string of the molecule is CC(=O)Nc1nc(C(=O)N2CCCCC2c2nc3ccccc3[nH]2)cs1. The van der Waals surface area contributed by atoms with Gasteiger partial charge in [0, 0.05) is 18.8 Å². The molecule has 1 fully saturated rings. The summed E-state index contributed by atoms with van der Waals surface area (Å²) in [7, 11) is 0. The third-order valence-corrected chi connectivity index (χ3v) is 5.25. The van der Waals surface area contributed by atoms with Crippen LogP contribution in [0.3, 0.4) is 0 Å². The number of hydrogen-bond acceptors (Lipinski definition) is 5. The Balaban J connectivity index is 1.61. The summed E-state index contributed by atoms with van der Waals surface area (Å²) in [5, 5.41) is 4.76. The lowest BCUT2D eigenvalue weighted by atomic mass is 10.0. The number of nitrogens with zero attached hydrogens (tertiary/aromatic N) is 3. The average molecular weight is 369 g/mol. The van der Waals surface area contributed by atoms with Gasteiger partial charge in [-0.25, -0.2) is 9.97 Å². The number of carbonyl (C=O) groups is 2. The number of para-hydroxylation sites is 2. The molecule has 7 nitrogen and oxygen atoms in total. The molecule has 1 aliphatic heterocycles. The predicted octanol–water partition coefficient (Wildman–Crippen LogP) is 3.35. The third kappa shape index (κ3) is 3.20. The minimum absolute atomic E-state index is 0.0884. The fourth-order valence-electron chi connectivity index (χ4n) is 3.32. The van der Waals surface area contributed by atoms with Gasteiger partial charge >= 0.3 is 0 Å². The van der Waals surface area contributed by atoms with E-state index in [1.165, 1.54) is 18.3 Å². The van der Waals surface area contributed by atoms with Gasteiger partial charge in [-0.3, -0.25) is 9.59 Å². The van der Waals surface area contributed by atoms with Gasteiger partial charge in [-0.15, -0.1) is 11.3 Å². The molecule has 0 bridgehead atoms. The first kappa shape index (κ1) is 16.7. The highest BCUT2D eigenvalue weighted by atomic mass is 32.1. The molecule has 1 aromatic carbocycles. The standard InChI is InChI=1S/C18H19N5O2S/c1-11(24)19-18-22-14(10-26-18)17(25)23-9-5-4-8-15(23)16-20-12-6-2-3-7-13(12)21-16/h2-3,6-7,10,15H,4-5,8-9H2,1H3,(H,20,21)(H,19,22,24). The van der Waals surface area contributed by atoms with Crippen molar-refractivity contribution < 1.29 is 9.59 Å². The van der Waals surface area contributed by atoms with Gasteiger partial charge in [-0.2, -0.15) is 0 Å². The second-order valence-electron chi connectivity index (χ2n) is 6.37. The van der Waals surface area contributed by atoms with Gasteiger partial charge in [0.05, 0.1) is 17.1 Å². The number of likely N-dealkylation sites (tertiary alicyclic amines) is 1. The minimum Gasteiger partial charge on any atom is -0.340 e. The average Bonchev–Trinajstić information content (AvgIpc) is 3.27. The number of hydrogen-bond donors (Lipinski definition) is 2. The van der Waals surface area contributed by atoms with Crippen molar-refractivity contribution in [1.82, 2.24) is 19.9 Å². The van der Waals surface area contributed by atoms with Crippen molar-refractivity contribution in [2.24, 2.45) is 0 Å². The molecule has 0 saturated carbocycles. The molecule has 26 heavy (non-hydrogen) atoms. The minimum atomic E-state index is -0.198. The Hall–Kier alpha value is -2.74. The molecule has 134 valence electrons. The Labute approximate surface area is 154 Å². The quantitative estimate of drug-likeness (QED) is 0.741. The van der Waals surface area contributed by atoms with E-state index in [1.807, 2.05) is 29.2 Å². The highest BCUT2D eigenvalue weighted by Crippen LogP contribution is 2.32. The number of fused-ring (bicyclic) bond motifs is 1. The Morgan fingerprint density at radius 2 is 2.12 bits per heavy atom. The zero-order chi connectivity index (χ0) is 18.1. The molecule has 2 aromatic heterocycles. The first-order chi connectivity index (χ1) is 12.6. The van der Waals surface area contributed by atoms with E-state index < -0.39 is 0 Å². The van der Waals surface area contributed by atoms with Gasteiger partial charge in [0.15, 0.2) is 5.13 Å². The van der Waals surface area contributed by atoms with Crippen LogP contribution in [0.5, 0.6) is 0 Å². The van der Waals surface area contributed by atoms with Crippen LogP contribution in [0.25, 0.3) is 11.0 Å². The number of carbonyl (C=O) groups excluding carboxylic acids is 2. The van der Waals surface area contributed by atoms with E-state index in [0.717, 1.165) is 36.1 Å². The van der Waals surface area contributed by atoms with E-state index in [-0.39, 0.29) is 17.9 Å². The first-order valence-electron chi connectivity index (χ1n) is 8.60. The summed E-state index contributed by atoms with van der Waals surface area (Å²) >= 11 is 1.26. The molecule has 3 aromatic rings. The molecule has 1 saturated heterocycles. The van der Waals surface area contributed by atoms with Gasteiger partial charge in [0.25, 0.3) is 5.91 Å². The Morgan fingerprint density at radius 3 is 2.92 bits per heavy atom. The van der Waals surface area contributed by atoms with Gasteiger partial charge in [0.1, 0.15) is 11.5 Å². The maximum atomic E-state index is 13.0. The van der Waals surface area contributed by atoms with Crippen LogP contribution in [-0.2, 0) is 4.79 Å². The van der Waals surface area contributed by atoms with E-state index in [9.17, 15) is 9.59 Å². The molecule has 0 radical (unpaired) electrons. The van der Waals surface area contributed by atoms with Crippen LogP contribution < -0.4 is 5.32 Å². The molecular formula is C18H19N5O2S. The molecule has 8 heteroatoms. The van der Waals surface area contributed by atoms with Crippen LogP contribution >= 0.6 is 11.3 Å². The molecule has 3 heterocycles. The second-order valence-corrected chi connectivity index (χ2v) is 7.23.